The van der Waals surface area contributed by atoms with Gasteiger partial charge in [0.05, 0.1) is 6.61 Å². The van der Waals surface area contributed by atoms with Gasteiger partial charge >= 0.3 is 0 Å². The number of hydrogen-bond donors (Lipinski definition) is 0. The molecular formula is C26H30O4. The van der Waals surface area contributed by atoms with E-state index in [9.17, 15) is 4.79 Å². The van der Waals surface area contributed by atoms with E-state index >= 15 is 0 Å². The van der Waals surface area contributed by atoms with Crippen LogP contribution in [-0.2, 0) is 11.4 Å². The van der Waals surface area contributed by atoms with E-state index in [1.807, 2.05) is 49.4 Å². The molecule has 0 spiro atoms. The zero-order valence-corrected chi connectivity index (χ0v) is 17.6. The number of ketones is 1. The van der Waals surface area contributed by atoms with Crippen LogP contribution in [0, 0.1) is 23.2 Å². The largest absolute Gasteiger partial charge is 0.494 e. The van der Waals surface area contributed by atoms with Gasteiger partial charge < -0.3 is 13.9 Å². The summed E-state index contributed by atoms with van der Waals surface area (Å²) in [6.45, 7) is 2.96. The summed E-state index contributed by atoms with van der Waals surface area (Å²) in [5.41, 5.74) is -0.0859. The molecular weight excluding hydrogens is 376 g/mol. The molecule has 4 nitrogen and oxygen atoms in total. The molecule has 0 N–H and O–H groups in total. The highest BCUT2D eigenvalue weighted by Crippen LogP contribution is 2.60. The Balaban J connectivity index is 1.18. The molecule has 1 heterocycles. The minimum atomic E-state index is -0.0859. The van der Waals surface area contributed by atoms with Crippen molar-refractivity contribution in [2.75, 3.05) is 6.61 Å². The van der Waals surface area contributed by atoms with Gasteiger partial charge in [-0.15, -0.1) is 0 Å². The van der Waals surface area contributed by atoms with E-state index in [0.717, 1.165) is 54.3 Å². The molecule has 1 aromatic heterocycles. The van der Waals surface area contributed by atoms with Gasteiger partial charge in [0.15, 0.2) is 5.78 Å². The number of ether oxygens (including phenoxy) is 2. The summed E-state index contributed by atoms with van der Waals surface area (Å²) in [7, 11) is 0. The summed E-state index contributed by atoms with van der Waals surface area (Å²) in [6.07, 6.45) is 11.0. The van der Waals surface area contributed by atoms with Crippen LogP contribution in [0.2, 0.25) is 0 Å². The number of hydrogen-bond acceptors (Lipinski definition) is 4. The maximum atomic E-state index is 13.1. The molecule has 4 aliphatic rings. The van der Waals surface area contributed by atoms with Gasteiger partial charge in [0.2, 0.25) is 0 Å². The Morgan fingerprint density at radius 3 is 2.17 bits per heavy atom. The lowest BCUT2D eigenvalue weighted by molar-refractivity contribution is -0.138. The summed E-state index contributed by atoms with van der Waals surface area (Å²) in [5, 5.41) is 0. The maximum Gasteiger partial charge on any atom is 0.161 e. The maximum absolute atomic E-state index is 13.1. The van der Waals surface area contributed by atoms with Crippen molar-refractivity contribution >= 4 is 11.9 Å². The number of benzene rings is 1. The van der Waals surface area contributed by atoms with Gasteiger partial charge in [-0.2, -0.15) is 0 Å². The van der Waals surface area contributed by atoms with Crippen LogP contribution in [0.1, 0.15) is 57.0 Å². The molecule has 6 rings (SSSR count). The van der Waals surface area contributed by atoms with Crippen LogP contribution in [0.15, 0.2) is 46.9 Å². The number of carbonyl (C=O) groups is 1. The standard InChI is InChI=1S/C26H30O4/c1-2-28-21-3-5-22(6-4-21)29-17-24-8-7-23(30-24)9-10-25(27)26-14-18-11-19(15-26)13-20(12-18)16-26/h3-10,18-20H,2,11-17H2,1H3/b10-9+. The van der Waals surface area contributed by atoms with Crippen LogP contribution in [0.4, 0.5) is 0 Å². The highest BCUT2D eigenvalue weighted by atomic mass is 16.5. The highest BCUT2D eigenvalue weighted by Gasteiger charge is 2.53. The van der Waals surface area contributed by atoms with Gasteiger partial charge in [-0.3, -0.25) is 4.79 Å². The number of carbonyl (C=O) groups excluding carboxylic acids is 1. The predicted octanol–water partition coefficient (Wildman–Crippen LogP) is 6.06. The fraction of sp³-hybridized carbons (Fsp3) is 0.500. The molecule has 4 saturated carbocycles. The molecule has 0 saturated heterocycles. The van der Waals surface area contributed by atoms with Crippen molar-refractivity contribution in [1.29, 1.82) is 0 Å². The fourth-order valence-corrected chi connectivity index (χ4v) is 6.26. The van der Waals surface area contributed by atoms with Crippen LogP contribution in [0.3, 0.4) is 0 Å². The van der Waals surface area contributed by atoms with Gasteiger partial charge in [0.25, 0.3) is 0 Å². The lowest BCUT2D eigenvalue weighted by Gasteiger charge is -2.55. The highest BCUT2D eigenvalue weighted by molar-refractivity contribution is 5.98. The van der Waals surface area contributed by atoms with Crippen molar-refractivity contribution in [1.82, 2.24) is 0 Å². The first kappa shape index (κ1) is 19.5. The summed E-state index contributed by atoms with van der Waals surface area (Å²) >= 11 is 0. The van der Waals surface area contributed by atoms with Crippen molar-refractivity contribution in [3.05, 3.63) is 54.0 Å². The van der Waals surface area contributed by atoms with E-state index in [2.05, 4.69) is 0 Å². The molecule has 0 amide bonds. The SMILES string of the molecule is CCOc1ccc(OCc2ccc(/C=C/C(=O)C34CC5CC(CC(C5)C3)C4)o2)cc1. The molecule has 0 radical (unpaired) electrons. The van der Waals surface area contributed by atoms with E-state index in [1.165, 1.54) is 19.3 Å². The van der Waals surface area contributed by atoms with E-state index in [-0.39, 0.29) is 5.41 Å². The molecule has 1 aromatic carbocycles. The molecule has 0 unspecified atom stereocenters. The average molecular weight is 407 g/mol. The van der Waals surface area contributed by atoms with E-state index in [4.69, 9.17) is 13.9 Å². The quantitative estimate of drug-likeness (QED) is 0.500. The van der Waals surface area contributed by atoms with Gasteiger partial charge in [0.1, 0.15) is 29.6 Å². The molecule has 4 aliphatic carbocycles. The topological polar surface area (TPSA) is 48.7 Å². The first-order valence-electron chi connectivity index (χ1n) is 11.3. The van der Waals surface area contributed by atoms with Crippen LogP contribution in [-0.4, -0.2) is 12.4 Å². The van der Waals surface area contributed by atoms with Gasteiger partial charge in [-0.1, -0.05) is 0 Å². The van der Waals surface area contributed by atoms with Crippen molar-refractivity contribution in [2.45, 2.75) is 52.1 Å². The molecule has 30 heavy (non-hydrogen) atoms. The van der Waals surface area contributed by atoms with E-state index in [1.54, 1.807) is 6.08 Å². The Bertz CT molecular complexity index is 885. The van der Waals surface area contributed by atoms with Crippen LogP contribution >= 0.6 is 0 Å². The van der Waals surface area contributed by atoms with Crippen LogP contribution in [0.5, 0.6) is 11.5 Å². The molecule has 4 fully saturated rings. The molecule has 4 heteroatoms. The molecule has 2 aromatic rings. The number of rotatable bonds is 8. The first-order chi connectivity index (χ1) is 14.6. The summed E-state index contributed by atoms with van der Waals surface area (Å²) < 4.78 is 17.1. The summed E-state index contributed by atoms with van der Waals surface area (Å²) in [6, 6.07) is 11.4. The Morgan fingerprint density at radius 1 is 0.967 bits per heavy atom. The normalized spacial score (nSPS) is 29.4. The van der Waals surface area contributed by atoms with Crippen LogP contribution < -0.4 is 9.47 Å². The minimum absolute atomic E-state index is 0.0859. The first-order valence-corrected chi connectivity index (χ1v) is 11.3. The Hall–Kier alpha value is -2.49. The van der Waals surface area contributed by atoms with Crippen molar-refractivity contribution in [2.24, 2.45) is 23.2 Å². The summed E-state index contributed by atoms with van der Waals surface area (Å²) in [4.78, 5) is 13.1. The Kier molecular flexibility index (Phi) is 5.18. The Morgan fingerprint density at radius 2 is 1.57 bits per heavy atom. The second kappa shape index (κ2) is 7.98. The smallest absolute Gasteiger partial charge is 0.161 e. The molecule has 0 aliphatic heterocycles. The van der Waals surface area contributed by atoms with Gasteiger partial charge in [-0.05, 0) is 112 Å². The lowest BCUT2D eigenvalue weighted by atomic mass is 9.48. The van der Waals surface area contributed by atoms with E-state index < -0.39 is 0 Å². The predicted molar refractivity (Wildman–Crippen MR) is 115 cm³/mol. The third-order valence-corrected chi connectivity index (χ3v) is 7.16. The minimum Gasteiger partial charge on any atom is -0.494 e. The Labute approximate surface area is 178 Å². The van der Waals surface area contributed by atoms with Crippen molar-refractivity contribution in [3.63, 3.8) is 0 Å². The molecule has 4 bridgehead atoms. The monoisotopic (exact) mass is 406 g/mol. The zero-order valence-electron chi connectivity index (χ0n) is 17.6. The van der Waals surface area contributed by atoms with Crippen LogP contribution in [0.25, 0.3) is 6.08 Å². The van der Waals surface area contributed by atoms with Crippen molar-refractivity contribution < 1.29 is 18.7 Å². The van der Waals surface area contributed by atoms with Gasteiger partial charge in [-0.25, -0.2) is 0 Å². The molecule has 158 valence electrons. The third kappa shape index (κ3) is 3.92. The number of furan rings is 1. The second-order valence-corrected chi connectivity index (χ2v) is 9.39. The summed E-state index contributed by atoms with van der Waals surface area (Å²) in [5.74, 6) is 5.70. The zero-order chi connectivity index (χ0) is 20.6. The van der Waals surface area contributed by atoms with Gasteiger partial charge in [0, 0.05) is 5.41 Å². The fourth-order valence-electron chi connectivity index (χ4n) is 6.26. The van der Waals surface area contributed by atoms with Crippen molar-refractivity contribution in [3.8, 4) is 11.5 Å². The molecule has 0 atom stereocenters. The second-order valence-electron chi connectivity index (χ2n) is 9.39. The number of allylic oxidation sites excluding steroid dienone is 1. The average Bonchev–Trinajstić information content (AvgIpc) is 3.19. The van der Waals surface area contributed by atoms with E-state index in [0.29, 0.717) is 24.8 Å². The lowest BCUT2D eigenvalue weighted by Crippen LogP contribution is -2.49. The third-order valence-electron chi connectivity index (χ3n) is 7.16.